The number of rotatable bonds is 2. The monoisotopic (exact) mass is 279 g/mol. The maximum absolute atomic E-state index is 10.6. The standard InChI is InChI=1S/C6H6N2O.C4H3N3O4/c9-8-5-6-3-1-2-4-7-6;8-2-1(7-11)3(9)6-4(10)5-2/h1-5,9H;(H3,5,6,8,9,10). The van der Waals surface area contributed by atoms with E-state index in [0.717, 1.165) is 0 Å². The smallest absolute Gasteiger partial charge is 0.328 e. The summed E-state index contributed by atoms with van der Waals surface area (Å²) >= 11 is 0. The van der Waals surface area contributed by atoms with Gasteiger partial charge >= 0.3 is 5.69 Å². The molecule has 0 aliphatic rings. The van der Waals surface area contributed by atoms with Crippen LogP contribution in [0.2, 0.25) is 0 Å². The number of oxime groups is 1. The minimum atomic E-state index is -1.01. The Morgan fingerprint density at radius 1 is 1.25 bits per heavy atom. The van der Waals surface area contributed by atoms with Gasteiger partial charge in [-0.05, 0) is 17.3 Å². The van der Waals surface area contributed by atoms with Crippen LogP contribution in [0.15, 0.2) is 44.3 Å². The van der Waals surface area contributed by atoms with Crippen molar-refractivity contribution in [2.45, 2.75) is 0 Å². The number of aromatic amines is 2. The van der Waals surface area contributed by atoms with E-state index in [1.165, 1.54) is 6.21 Å². The topological polar surface area (TPSA) is 161 Å². The number of aromatic hydroxyl groups is 1. The number of pyridine rings is 1. The fraction of sp³-hybridized carbons (Fsp3) is 0. The van der Waals surface area contributed by atoms with Crippen molar-refractivity contribution in [1.82, 2.24) is 15.0 Å². The summed E-state index contributed by atoms with van der Waals surface area (Å²) in [6, 6.07) is 5.37. The maximum atomic E-state index is 10.6. The Morgan fingerprint density at radius 3 is 2.50 bits per heavy atom. The first kappa shape index (κ1) is 14.8. The largest absolute Gasteiger partial charge is 0.493 e. The molecule has 0 radical (unpaired) electrons. The van der Waals surface area contributed by atoms with E-state index in [-0.39, 0.29) is 0 Å². The Labute approximate surface area is 110 Å². The summed E-state index contributed by atoms with van der Waals surface area (Å²) in [5.74, 6) is -0.825. The van der Waals surface area contributed by atoms with Gasteiger partial charge in [-0.15, -0.1) is 4.91 Å². The van der Waals surface area contributed by atoms with Crippen LogP contribution in [-0.2, 0) is 0 Å². The molecular weight excluding hydrogens is 270 g/mol. The maximum Gasteiger partial charge on any atom is 0.328 e. The third kappa shape index (κ3) is 4.18. The van der Waals surface area contributed by atoms with E-state index in [9.17, 15) is 14.5 Å². The lowest BCUT2D eigenvalue weighted by atomic mass is 10.4. The lowest BCUT2D eigenvalue weighted by molar-refractivity contribution is 0.321. The van der Waals surface area contributed by atoms with Crippen LogP contribution in [0.3, 0.4) is 0 Å². The van der Waals surface area contributed by atoms with Gasteiger partial charge in [0.05, 0.1) is 11.9 Å². The van der Waals surface area contributed by atoms with Gasteiger partial charge in [-0.3, -0.25) is 19.7 Å². The van der Waals surface area contributed by atoms with Crippen LogP contribution in [-0.4, -0.2) is 31.5 Å². The molecule has 0 aliphatic carbocycles. The number of nitrogens with zero attached hydrogens (tertiary/aromatic N) is 3. The molecule has 0 aliphatic heterocycles. The summed E-state index contributed by atoms with van der Waals surface area (Å²) in [5.41, 5.74) is -1.98. The van der Waals surface area contributed by atoms with Crippen molar-refractivity contribution in [2.75, 3.05) is 0 Å². The summed E-state index contributed by atoms with van der Waals surface area (Å²) in [4.78, 5) is 38.1. The van der Waals surface area contributed by atoms with Gasteiger partial charge in [-0.1, -0.05) is 11.2 Å². The summed E-state index contributed by atoms with van der Waals surface area (Å²) in [7, 11) is 0. The van der Waals surface area contributed by atoms with Gasteiger partial charge in [0.15, 0.2) is 0 Å². The minimum Gasteiger partial charge on any atom is -0.493 e. The Hall–Kier alpha value is -3.30. The highest BCUT2D eigenvalue weighted by atomic mass is 16.4. The SMILES string of the molecule is O=Nc1c(O)[nH]c(=O)[nH]c1=O.ON=Cc1ccccn1. The van der Waals surface area contributed by atoms with E-state index in [1.807, 2.05) is 6.07 Å². The van der Waals surface area contributed by atoms with Crippen molar-refractivity contribution < 1.29 is 10.3 Å². The highest BCUT2D eigenvalue weighted by molar-refractivity contribution is 5.75. The van der Waals surface area contributed by atoms with Crippen molar-refractivity contribution in [3.63, 3.8) is 0 Å². The van der Waals surface area contributed by atoms with Gasteiger partial charge in [-0.25, -0.2) is 4.79 Å². The first-order valence-corrected chi connectivity index (χ1v) is 5.06. The van der Waals surface area contributed by atoms with Gasteiger partial charge in [0.25, 0.3) is 5.56 Å². The van der Waals surface area contributed by atoms with E-state index in [2.05, 4.69) is 15.3 Å². The van der Waals surface area contributed by atoms with E-state index < -0.39 is 22.8 Å². The van der Waals surface area contributed by atoms with Crippen molar-refractivity contribution >= 4 is 11.9 Å². The minimum absolute atomic E-state index is 0.653. The molecule has 2 aromatic rings. The van der Waals surface area contributed by atoms with Crippen LogP contribution in [0.25, 0.3) is 0 Å². The zero-order chi connectivity index (χ0) is 15.0. The normalized spacial score (nSPS) is 9.80. The third-order valence-corrected chi connectivity index (χ3v) is 1.87. The molecular formula is C10H9N5O5. The number of aromatic nitrogens is 3. The molecule has 0 saturated heterocycles. The van der Waals surface area contributed by atoms with Crippen LogP contribution >= 0.6 is 0 Å². The molecule has 0 saturated carbocycles. The molecule has 0 unspecified atom stereocenters. The second-order valence-electron chi connectivity index (χ2n) is 3.20. The Morgan fingerprint density at radius 2 is 2.00 bits per heavy atom. The van der Waals surface area contributed by atoms with Crippen LogP contribution in [0.1, 0.15) is 5.69 Å². The second-order valence-corrected chi connectivity index (χ2v) is 3.20. The van der Waals surface area contributed by atoms with Gasteiger partial charge in [-0.2, -0.15) is 0 Å². The van der Waals surface area contributed by atoms with Crippen molar-refractivity contribution in [1.29, 1.82) is 0 Å². The van der Waals surface area contributed by atoms with E-state index >= 15 is 0 Å². The molecule has 0 atom stereocenters. The van der Waals surface area contributed by atoms with Crippen LogP contribution < -0.4 is 11.2 Å². The molecule has 0 bridgehead atoms. The van der Waals surface area contributed by atoms with Gasteiger partial charge in [0, 0.05) is 6.20 Å². The predicted octanol–water partition coefficient (Wildman–Crippen LogP) is 0.0564. The Balaban J connectivity index is 0.000000204. The highest BCUT2D eigenvalue weighted by Gasteiger charge is 2.06. The highest BCUT2D eigenvalue weighted by Crippen LogP contribution is 2.13. The summed E-state index contributed by atoms with van der Waals surface area (Å²) < 4.78 is 0. The molecule has 20 heavy (non-hydrogen) atoms. The lowest BCUT2D eigenvalue weighted by Crippen LogP contribution is -2.20. The van der Waals surface area contributed by atoms with E-state index in [4.69, 9.17) is 10.3 Å². The van der Waals surface area contributed by atoms with Gasteiger partial charge in [0.2, 0.25) is 11.6 Å². The van der Waals surface area contributed by atoms with Crippen molar-refractivity contribution in [3.8, 4) is 5.88 Å². The number of nitroso groups, excluding NO2 is 1. The van der Waals surface area contributed by atoms with E-state index in [0.29, 0.717) is 5.69 Å². The first-order chi connectivity index (χ1) is 9.58. The number of hydrogen-bond acceptors (Lipinski definition) is 8. The molecule has 0 spiro atoms. The molecule has 104 valence electrons. The zero-order valence-electron chi connectivity index (χ0n) is 9.85. The number of nitrogens with one attached hydrogen (secondary N) is 2. The Bertz CT molecular complexity index is 706. The van der Waals surface area contributed by atoms with Crippen LogP contribution in [0.4, 0.5) is 5.69 Å². The van der Waals surface area contributed by atoms with Crippen LogP contribution in [0.5, 0.6) is 5.88 Å². The average molecular weight is 279 g/mol. The van der Waals surface area contributed by atoms with Crippen LogP contribution in [0, 0.1) is 4.91 Å². The Kier molecular flexibility index (Phi) is 5.32. The van der Waals surface area contributed by atoms with Crippen molar-refractivity contribution in [3.05, 3.63) is 55.8 Å². The molecule has 0 fully saturated rings. The molecule has 4 N–H and O–H groups in total. The molecule has 2 aromatic heterocycles. The third-order valence-electron chi connectivity index (χ3n) is 1.87. The van der Waals surface area contributed by atoms with Gasteiger partial charge in [0.1, 0.15) is 0 Å². The summed E-state index contributed by atoms with van der Waals surface area (Å²) in [6.45, 7) is 0. The lowest BCUT2D eigenvalue weighted by Gasteiger charge is -1.90. The molecule has 10 heteroatoms. The summed E-state index contributed by atoms with van der Waals surface area (Å²) in [6.07, 6.45) is 2.91. The zero-order valence-corrected chi connectivity index (χ0v) is 9.85. The molecule has 2 heterocycles. The average Bonchev–Trinajstić information content (AvgIpc) is 2.40. The van der Waals surface area contributed by atoms with E-state index in [1.54, 1.807) is 28.3 Å². The number of hydrogen-bond donors (Lipinski definition) is 4. The van der Waals surface area contributed by atoms with Crippen molar-refractivity contribution in [2.24, 2.45) is 10.3 Å². The molecule has 10 nitrogen and oxygen atoms in total. The second kappa shape index (κ2) is 7.20. The predicted molar refractivity (Wildman–Crippen MR) is 68.4 cm³/mol. The molecule has 0 amide bonds. The number of H-pyrrole nitrogens is 2. The first-order valence-electron chi connectivity index (χ1n) is 5.06. The van der Waals surface area contributed by atoms with Gasteiger partial charge < -0.3 is 10.3 Å². The molecule has 0 aromatic carbocycles. The fourth-order valence-electron chi connectivity index (χ4n) is 1.06. The summed E-state index contributed by atoms with van der Waals surface area (Å²) in [5, 5.41) is 21.8. The fourth-order valence-corrected chi connectivity index (χ4v) is 1.06. The quantitative estimate of drug-likeness (QED) is 0.263. The molecule has 2 rings (SSSR count).